The van der Waals surface area contributed by atoms with Crippen LogP contribution in [0.25, 0.3) is 0 Å². The molecule has 2 fully saturated rings. The fourth-order valence-corrected chi connectivity index (χ4v) is 7.12. The second-order valence-corrected chi connectivity index (χ2v) is 10.6. The molecule has 0 unspecified atom stereocenters. The first-order valence-electron chi connectivity index (χ1n) is 12.9. The Bertz CT molecular complexity index is 876. The van der Waals surface area contributed by atoms with Crippen molar-refractivity contribution in [3.8, 4) is 0 Å². The highest BCUT2D eigenvalue weighted by Gasteiger charge is 2.48. The van der Waals surface area contributed by atoms with Crippen LogP contribution in [0, 0.1) is 0 Å². The van der Waals surface area contributed by atoms with Gasteiger partial charge in [-0.1, -0.05) is 49.6 Å². The van der Waals surface area contributed by atoms with Gasteiger partial charge in [0.25, 0.3) is 0 Å². The Balaban J connectivity index is 1.32. The standard InChI is InChI=1S/C29H39NO2/c1-31-21-24-14-13-23(25-10-2-3-11-26(24)25)9-8-15-28(27-12-4-7-19-30-27)18-20-32-29(22-28)16-5-6-17-29/h2-4,7,10-12,19,23-24H,5-6,8-9,13-18,20-22H2,1H3/t23-,24+,28+/m0/s1. The van der Waals surface area contributed by atoms with E-state index in [1.165, 1.54) is 69.0 Å². The highest BCUT2D eigenvalue weighted by Crippen LogP contribution is 2.51. The van der Waals surface area contributed by atoms with E-state index in [1.54, 1.807) is 5.56 Å². The average Bonchev–Trinajstić information content (AvgIpc) is 3.28. The predicted octanol–water partition coefficient (Wildman–Crippen LogP) is 6.92. The number of fused-ring (bicyclic) bond motifs is 1. The van der Waals surface area contributed by atoms with Gasteiger partial charge in [-0.15, -0.1) is 0 Å². The molecular weight excluding hydrogens is 394 g/mol. The zero-order valence-electron chi connectivity index (χ0n) is 19.7. The van der Waals surface area contributed by atoms with Crippen LogP contribution in [0.2, 0.25) is 0 Å². The molecule has 0 bridgehead atoms. The van der Waals surface area contributed by atoms with Crippen LogP contribution in [0.3, 0.4) is 0 Å². The van der Waals surface area contributed by atoms with Crippen molar-refractivity contribution in [2.45, 2.75) is 93.5 Å². The van der Waals surface area contributed by atoms with Crippen molar-refractivity contribution in [1.29, 1.82) is 0 Å². The van der Waals surface area contributed by atoms with Crippen LogP contribution in [0.4, 0.5) is 0 Å². The highest BCUT2D eigenvalue weighted by atomic mass is 16.5. The van der Waals surface area contributed by atoms with Gasteiger partial charge in [0, 0.05) is 36.9 Å². The first-order valence-corrected chi connectivity index (χ1v) is 12.9. The van der Waals surface area contributed by atoms with Gasteiger partial charge in [-0.2, -0.15) is 0 Å². The average molecular weight is 434 g/mol. The van der Waals surface area contributed by atoms with Crippen LogP contribution in [-0.4, -0.2) is 30.9 Å². The van der Waals surface area contributed by atoms with Gasteiger partial charge in [0.1, 0.15) is 0 Å². The molecule has 32 heavy (non-hydrogen) atoms. The minimum absolute atomic E-state index is 0.112. The SMILES string of the molecule is COC[C@H]1CC[C@H](CCC[C@@]2(c3ccccn3)CCOC3(CCCC3)C2)c2ccccc21. The molecule has 0 amide bonds. The Morgan fingerprint density at radius 1 is 0.969 bits per heavy atom. The molecule has 3 heteroatoms. The number of rotatable bonds is 7. The second kappa shape index (κ2) is 9.65. The third kappa shape index (κ3) is 4.39. The summed E-state index contributed by atoms with van der Waals surface area (Å²) in [5.74, 6) is 1.24. The number of nitrogens with zero attached hydrogens (tertiary/aromatic N) is 1. The monoisotopic (exact) mass is 433 g/mol. The molecule has 1 aromatic carbocycles. The number of methoxy groups -OCH3 is 1. The summed E-state index contributed by atoms with van der Waals surface area (Å²) >= 11 is 0. The fraction of sp³-hybridized carbons (Fsp3) is 0.621. The minimum atomic E-state index is 0.112. The lowest BCUT2D eigenvalue weighted by atomic mass is 9.66. The van der Waals surface area contributed by atoms with Crippen molar-refractivity contribution in [3.05, 3.63) is 65.5 Å². The van der Waals surface area contributed by atoms with E-state index in [0.29, 0.717) is 11.8 Å². The maximum Gasteiger partial charge on any atom is 0.0691 e. The number of hydrogen-bond acceptors (Lipinski definition) is 3. The zero-order chi connectivity index (χ0) is 21.9. The highest BCUT2D eigenvalue weighted by molar-refractivity contribution is 5.36. The third-order valence-electron chi connectivity index (χ3n) is 8.69. The molecule has 0 N–H and O–H groups in total. The van der Waals surface area contributed by atoms with Crippen LogP contribution in [0.5, 0.6) is 0 Å². The van der Waals surface area contributed by atoms with Gasteiger partial charge in [-0.3, -0.25) is 4.98 Å². The van der Waals surface area contributed by atoms with Gasteiger partial charge in [0.05, 0.1) is 12.2 Å². The quantitative estimate of drug-likeness (QED) is 0.475. The molecule has 1 spiro atoms. The number of hydrogen-bond donors (Lipinski definition) is 0. The third-order valence-corrected chi connectivity index (χ3v) is 8.69. The van der Waals surface area contributed by atoms with Crippen LogP contribution >= 0.6 is 0 Å². The van der Waals surface area contributed by atoms with Crippen molar-refractivity contribution in [2.75, 3.05) is 20.3 Å². The van der Waals surface area contributed by atoms with Crippen molar-refractivity contribution >= 4 is 0 Å². The summed E-state index contributed by atoms with van der Waals surface area (Å²) in [6.07, 6.45) is 15.7. The number of benzene rings is 1. The molecule has 3 nitrogen and oxygen atoms in total. The zero-order valence-corrected chi connectivity index (χ0v) is 19.7. The number of ether oxygens (including phenoxy) is 2. The first kappa shape index (κ1) is 22.1. The summed E-state index contributed by atoms with van der Waals surface area (Å²) < 4.78 is 12.0. The molecule has 3 aliphatic rings. The normalized spacial score (nSPS) is 29.2. The van der Waals surface area contributed by atoms with E-state index in [0.717, 1.165) is 26.1 Å². The maximum atomic E-state index is 6.44. The number of aromatic nitrogens is 1. The summed E-state index contributed by atoms with van der Waals surface area (Å²) in [6, 6.07) is 15.6. The van der Waals surface area contributed by atoms with Crippen molar-refractivity contribution < 1.29 is 9.47 Å². The van der Waals surface area contributed by atoms with Crippen LogP contribution in [-0.2, 0) is 14.9 Å². The van der Waals surface area contributed by atoms with Crippen LogP contribution in [0.15, 0.2) is 48.7 Å². The molecule has 172 valence electrons. The van der Waals surface area contributed by atoms with Gasteiger partial charge in [-0.05, 0) is 80.5 Å². The fourth-order valence-electron chi connectivity index (χ4n) is 7.12. The molecule has 1 aliphatic heterocycles. The van der Waals surface area contributed by atoms with E-state index in [2.05, 4.69) is 42.5 Å². The van der Waals surface area contributed by atoms with Gasteiger partial charge < -0.3 is 9.47 Å². The van der Waals surface area contributed by atoms with Crippen LogP contribution < -0.4 is 0 Å². The van der Waals surface area contributed by atoms with Gasteiger partial charge >= 0.3 is 0 Å². The van der Waals surface area contributed by atoms with Gasteiger partial charge in [0.15, 0.2) is 0 Å². The molecule has 2 heterocycles. The Morgan fingerprint density at radius 3 is 2.47 bits per heavy atom. The lowest BCUT2D eigenvalue weighted by Crippen LogP contribution is -2.46. The molecule has 3 atom stereocenters. The van der Waals surface area contributed by atoms with Crippen molar-refractivity contribution in [3.63, 3.8) is 0 Å². The largest absolute Gasteiger partial charge is 0.384 e. The smallest absolute Gasteiger partial charge is 0.0691 e. The topological polar surface area (TPSA) is 31.4 Å². The maximum absolute atomic E-state index is 6.44. The summed E-state index contributed by atoms with van der Waals surface area (Å²) in [6.45, 7) is 1.73. The molecule has 2 aromatic rings. The van der Waals surface area contributed by atoms with Crippen molar-refractivity contribution in [2.24, 2.45) is 0 Å². The summed E-state index contributed by atoms with van der Waals surface area (Å²) in [5.41, 5.74) is 4.70. The van der Waals surface area contributed by atoms with Crippen molar-refractivity contribution in [1.82, 2.24) is 4.98 Å². The van der Waals surface area contributed by atoms with E-state index < -0.39 is 0 Å². The Kier molecular flexibility index (Phi) is 6.66. The summed E-state index contributed by atoms with van der Waals surface area (Å²) in [7, 11) is 1.83. The Morgan fingerprint density at radius 2 is 1.72 bits per heavy atom. The Hall–Kier alpha value is -1.71. The molecule has 1 saturated carbocycles. The van der Waals surface area contributed by atoms with E-state index >= 15 is 0 Å². The molecule has 1 aromatic heterocycles. The molecular formula is C29H39NO2. The number of pyridine rings is 1. The first-order chi connectivity index (χ1) is 15.7. The van der Waals surface area contributed by atoms with E-state index in [9.17, 15) is 0 Å². The van der Waals surface area contributed by atoms with Gasteiger partial charge in [-0.25, -0.2) is 0 Å². The Labute approximate surface area is 193 Å². The lowest BCUT2D eigenvalue weighted by molar-refractivity contribution is -0.105. The molecule has 0 radical (unpaired) electrons. The van der Waals surface area contributed by atoms with E-state index in [1.807, 2.05) is 13.3 Å². The molecule has 1 saturated heterocycles. The molecule has 2 aliphatic carbocycles. The minimum Gasteiger partial charge on any atom is -0.384 e. The summed E-state index contributed by atoms with van der Waals surface area (Å²) in [5, 5.41) is 0. The lowest BCUT2D eigenvalue weighted by Gasteiger charge is -2.46. The van der Waals surface area contributed by atoms with E-state index in [-0.39, 0.29) is 11.0 Å². The second-order valence-electron chi connectivity index (χ2n) is 10.6. The predicted molar refractivity (Wildman–Crippen MR) is 129 cm³/mol. The van der Waals surface area contributed by atoms with Gasteiger partial charge in [0.2, 0.25) is 0 Å². The van der Waals surface area contributed by atoms with E-state index in [4.69, 9.17) is 14.5 Å². The molecule has 5 rings (SSSR count). The van der Waals surface area contributed by atoms with Crippen LogP contribution in [0.1, 0.15) is 99.3 Å². The summed E-state index contributed by atoms with van der Waals surface area (Å²) in [4.78, 5) is 4.89.